The number of likely N-dealkylation sites (tertiary alicyclic amines) is 1. The van der Waals surface area contributed by atoms with Gasteiger partial charge in [-0.25, -0.2) is 0 Å². The van der Waals surface area contributed by atoms with Crippen LogP contribution >= 0.6 is 21.6 Å². The molecule has 3 saturated heterocycles. The van der Waals surface area contributed by atoms with Crippen LogP contribution in [0.3, 0.4) is 0 Å². The Labute approximate surface area is 132 Å². The van der Waals surface area contributed by atoms with E-state index in [-0.39, 0.29) is 22.6 Å². The Bertz CT molecular complexity index is 333. The number of hydrogen-bond acceptors (Lipinski definition) is 7. The maximum Gasteiger partial charge on any atom is 0.145 e. The van der Waals surface area contributed by atoms with Crippen LogP contribution in [0.5, 0.6) is 0 Å². The highest BCUT2D eigenvalue weighted by Crippen LogP contribution is 2.44. The van der Waals surface area contributed by atoms with E-state index in [1.54, 1.807) is 0 Å². The molecule has 0 amide bonds. The molecule has 20 heavy (non-hydrogen) atoms. The SMILES string of the molecule is CN1[C@@H]([C@@H]2S[S+]([O-])C[C@@H]2O)CC[C@H]1[C@H]1S[S+]([O-])C[C@@H]1O. The maximum absolute atomic E-state index is 11.6. The summed E-state index contributed by atoms with van der Waals surface area (Å²) < 4.78 is 23.1. The third kappa shape index (κ3) is 2.98. The van der Waals surface area contributed by atoms with Crippen LogP contribution in [0, 0.1) is 0 Å². The highest BCUT2D eigenvalue weighted by atomic mass is 33.1. The van der Waals surface area contributed by atoms with Gasteiger partial charge in [-0.15, -0.1) is 0 Å². The molecule has 3 aliphatic heterocycles. The Balaban J connectivity index is 1.66. The lowest BCUT2D eigenvalue weighted by atomic mass is 10.1. The highest BCUT2D eigenvalue weighted by molar-refractivity contribution is 8.73. The topological polar surface area (TPSA) is 89.8 Å². The molecule has 3 rings (SSSR count). The quantitative estimate of drug-likeness (QED) is 0.519. The van der Waals surface area contributed by atoms with E-state index in [4.69, 9.17) is 0 Å². The van der Waals surface area contributed by atoms with Gasteiger partial charge in [-0.05, 0) is 19.9 Å². The van der Waals surface area contributed by atoms with Crippen LogP contribution in [-0.4, -0.2) is 77.6 Å². The predicted octanol–water partition coefficient (Wildman–Crippen LogP) is -0.271. The lowest BCUT2D eigenvalue weighted by molar-refractivity contribution is 0.122. The minimum absolute atomic E-state index is 0.0140. The fraction of sp³-hybridized carbons (Fsp3) is 1.00. The lowest BCUT2D eigenvalue weighted by Crippen LogP contribution is -2.47. The molecule has 0 aromatic rings. The van der Waals surface area contributed by atoms with E-state index in [1.807, 2.05) is 7.05 Å². The second-order valence-electron chi connectivity index (χ2n) is 5.57. The Morgan fingerprint density at radius 1 is 0.950 bits per heavy atom. The van der Waals surface area contributed by atoms with E-state index < -0.39 is 32.6 Å². The zero-order chi connectivity index (χ0) is 14.4. The summed E-state index contributed by atoms with van der Waals surface area (Å²) in [5.74, 6) is 0.713. The molecule has 0 radical (unpaired) electrons. The summed E-state index contributed by atoms with van der Waals surface area (Å²) >= 11 is 0. The molecule has 0 aromatic heterocycles. The number of aliphatic hydroxyl groups excluding tert-OH is 2. The fourth-order valence-electron chi connectivity index (χ4n) is 3.35. The van der Waals surface area contributed by atoms with E-state index in [2.05, 4.69) is 4.90 Å². The van der Waals surface area contributed by atoms with E-state index >= 15 is 0 Å². The minimum atomic E-state index is -0.983. The summed E-state index contributed by atoms with van der Waals surface area (Å²) in [4.78, 5) is 2.20. The van der Waals surface area contributed by atoms with Gasteiger partial charge < -0.3 is 19.3 Å². The first kappa shape index (κ1) is 16.1. The molecule has 2 unspecified atom stereocenters. The van der Waals surface area contributed by atoms with Gasteiger partial charge in [0.05, 0.1) is 21.6 Å². The molecule has 0 saturated carbocycles. The summed E-state index contributed by atoms with van der Waals surface area (Å²) in [5, 5.41) is 20.1. The first-order valence-corrected chi connectivity index (χ1v) is 12.1. The van der Waals surface area contributed by atoms with E-state index in [9.17, 15) is 19.3 Å². The summed E-state index contributed by atoms with van der Waals surface area (Å²) in [6.45, 7) is 0. The first-order chi connectivity index (χ1) is 9.47. The minimum Gasteiger partial charge on any atom is -0.605 e. The normalized spacial score (nSPS) is 53.9. The third-order valence-corrected chi connectivity index (χ3v) is 11.2. The molecule has 0 bridgehead atoms. The van der Waals surface area contributed by atoms with Crippen LogP contribution in [0.4, 0.5) is 0 Å². The first-order valence-electron chi connectivity index (χ1n) is 6.66. The van der Waals surface area contributed by atoms with Crippen LogP contribution in [0.2, 0.25) is 0 Å². The van der Waals surface area contributed by atoms with Gasteiger partial charge in [0.25, 0.3) is 0 Å². The van der Waals surface area contributed by atoms with Crippen molar-refractivity contribution in [3.05, 3.63) is 0 Å². The average Bonchev–Trinajstić information content (AvgIpc) is 2.98. The molecule has 2 N–H and O–H groups in total. The van der Waals surface area contributed by atoms with Crippen molar-refractivity contribution < 1.29 is 19.3 Å². The molecular formula is C11H19NO4S4. The van der Waals surface area contributed by atoms with Gasteiger partial charge in [0.15, 0.2) is 0 Å². The average molecular weight is 358 g/mol. The molecule has 8 atom stereocenters. The van der Waals surface area contributed by atoms with Gasteiger partial charge in [0, 0.05) is 32.5 Å². The van der Waals surface area contributed by atoms with Crippen molar-refractivity contribution in [3.8, 4) is 0 Å². The second kappa shape index (κ2) is 6.37. The van der Waals surface area contributed by atoms with Crippen molar-refractivity contribution in [1.29, 1.82) is 0 Å². The van der Waals surface area contributed by atoms with Crippen LogP contribution in [-0.2, 0) is 20.4 Å². The number of rotatable bonds is 2. The molecule has 3 fully saturated rings. The van der Waals surface area contributed by atoms with Gasteiger partial charge in [-0.1, -0.05) is 0 Å². The van der Waals surface area contributed by atoms with E-state index in [1.165, 1.54) is 21.6 Å². The van der Waals surface area contributed by atoms with Crippen molar-refractivity contribution in [2.45, 2.75) is 47.6 Å². The highest BCUT2D eigenvalue weighted by Gasteiger charge is 2.52. The Hall–Kier alpha value is 1.20. The Kier molecular flexibility index (Phi) is 5.12. The molecule has 3 aliphatic rings. The predicted molar refractivity (Wildman–Crippen MR) is 85.4 cm³/mol. The smallest absolute Gasteiger partial charge is 0.145 e. The van der Waals surface area contributed by atoms with Gasteiger partial charge in [-0.3, -0.25) is 4.90 Å². The van der Waals surface area contributed by atoms with Crippen molar-refractivity contribution in [2.75, 3.05) is 18.6 Å². The Morgan fingerprint density at radius 2 is 1.35 bits per heavy atom. The molecule has 3 heterocycles. The third-order valence-electron chi connectivity index (χ3n) is 4.37. The largest absolute Gasteiger partial charge is 0.605 e. The zero-order valence-electron chi connectivity index (χ0n) is 11.1. The molecule has 116 valence electrons. The molecule has 9 heteroatoms. The summed E-state index contributed by atoms with van der Waals surface area (Å²) in [5.41, 5.74) is 0. The maximum atomic E-state index is 11.6. The lowest BCUT2D eigenvalue weighted by Gasteiger charge is -2.31. The van der Waals surface area contributed by atoms with Gasteiger partial charge in [0.2, 0.25) is 0 Å². The van der Waals surface area contributed by atoms with Crippen LogP contribution < -0.4 is 0 Å². The van der Waals surface area contributed by atoms with Crippen LogP contribution in [0.25, 0.3) is 0 Å². The number of hydrogen-bond donors (Lipinski definition) is 2. The number of nitrogens with zero attached hydrogens (tertiary/aromatic N) is 1. The molecule has 0 spiro atoms. The molecule has 0 aliphatic carbocycles. The fourth-order valence-corrected chi connectivity index (χ4v) is 10.9. The van der Waals surface area contributed by atoms with Crippen LogP contribution in [0.1, 0.15) is 12.8 Å². The molecule has 5 nitrogen and oxygen atoms in total. The van der Waals surface area contributed by atoms with Crippen molar-refractivity contribution in [3.63, 3.8) is 0 Å². The Morgan fingerprint density at radius 3 is 1.65 bits per heavy atom. The summed E-state index contributed by atoms with van der Waals surface area (Å²) in [6.07, 6.45) is 0.845. The van der Waals surface area contributed by atoms with E-state index in [0.717, 1.165) is 12.8 Å². The van der Waals surface area contributed by atoms with Crippen molar-refractivity contribution >= 4 is 42.0 Å². The van der Waals surface area contributed by atoms with Gasteiger partial charge in [-0.2, -0.15) is 0 Å². The van der Waals surface area contributed by atoms with Crippen molar-refractivity contribution in [1.82, 2.24) is 4.90 Å². The summed E-state index contributed by atoms with van der Waals surface area (Å²) in [6, 6.07) is 0.376. The molecular weight excluding hydrogens is 338 g/mol. The zero-order valence-corrected chi connectivity index (χ0v) is 14.3. The number of aliphatic hydroxyl groups is 2. The molecule has 0 aromatic carbocycles. The van der Waals surface area contributed by atoms with Gasteiger partial charge >= 0.3 is 0 Å². The van der Waals surface area contributed by atoms with E-state index in [0.29, 0.717) is 11.5 Å². The monoisotopic (exact) mass is 357 g/mol. The summed E-state index contributed by atoms with van der Waals surface area (Å²) in [7, 11) is 2.78. The van der Waals surface area contributed by atoms with Gasteiger partial charge in [0.1, 0.15) is 34.2 Å². The van der Waals surface area contributed by atoms with Crippen molar-refractivity contribution in [2.24, 2.45) is 0 Å². The second-order valence-corrected chi connectivity index (χ2v) is 12.3. The standard InChI is InChI=1S/C11H19NO4S4/c1-12-6(10-8(13)4-19(15)17-10)2-3-7(12)11-9(14)5-20(16)18-11/h6-11,13-14H,2-5H2,1H3/t6-,7+,8-,9-,10+,11-,19?,20?/m0/s1. The van der Waals surface area contributed by atoms with Crippen LogP contribution in [0.15, 0.2) is 0 Å².